The van der Waals surface area contributed by atoms with E-state index < -0.39 is 0 Å². The first kappa shape index (κ1) is 11.8. The van der Waals surface area contributed by atoms with Gasteiger partial charge in [-0.05, 0) is 6.07 Å². The summed E-state index contributed by atoms with van der Waals surface area (Å²) in [5, 5.41) is 2.79. The van der Waals surface area contributed by atoms with Crippen LogP contribution < -0.4 is 5.32 Å². The minimum absolute atomic E-state index is 0.0835. The minimum Gasteiger partial charge on any atom is -0.363 e. The first-order valence-corrected chi connectivity index (χ1v) is 6.09. The molecule has 1 unspecified atom stereocenters. The number of carbonyl (C=O) groups is 1. The highest BCUT2D eigenvalue weighted by molar-refractivity contribution is 5.82. The van der Waals surface area contributed by atoms with Gasteiger partial charge in [-0.3, -0.25) is 4.79 Å². The first-order chi connectivity index (χ1) is 9.33. The van der Waals surface area contributed by atoms with Crippen LogP contribution in [0.15, 0.2) is 42.6 Å². The summed E-state index contributed by atoms with van der Waals surface area (Å²) in [6, 6.07) is 11.5. The average molecular weight is 255 g/mol. The Morgan fingerprint density at radius 1 is 1.32 bits per heavy atom. The Morgan fingerprint density at radius 3 is 2.84 bits per heavy atom. The first-order valence-electron chi connectivity index (χ1n) is 6.09. The number of ether oxygens (including phenoxy) is 1. The van der Waals surface area contributed by atoms with E-state index in [-0.39, 0.29) is 12.0 Å². The summed E-state index contributed by atoms with van der Waals surface area (Å²) in [7, 11) is 0. The molecule has 19 heavy (non-hydrogen) atoms. The van der Waals surface area contributed by atoms with Gasteiger partial charge in [0.1, 0.15) is 0 Å². The molecule has 5 heteroatoms. The van der Waals surface area contributed by atoms with Gasteiger partial charge in [0.2, 0.25) is 0 Å². The summed E-state index contributed by atoms with van der Waals surface area (Å²) >= 11 is 0. The molecule has 1 fully saturated rings. The largest absolute Gasteiger partial charge is 0.363 e. The van der Waals surface area contributed by atoms with Gasteiger partial charge in [0, 0.05) is 11.8 Å². The van der Waals surface area contributed by atoms with Gasteiger partial charge in [0.15, 0.2) is 11.9 Å². The monoisotopic (exact) mass is 255 g/mol. The van der Waals surface area contributed by atoms with Crippen molar-refractivity contribution in [1.82, 2.24) is 15.3 Å². The molecule has 0 spiro atoms. The summed E-state index contributed by atoms with van der Waals surface area (Å²) in [6.45, 7) is 0.909. The zero-order valence-corrected chi connectivity index (χ0v) is 10.2. The SMILES string of the molecule is O=C(NCc1ccnc(-c2ccccc2)n1)C1CO1. The number of nitrogens with zero attached hydrogens (tertiary/aromatic N) is 2. The Labute approximate surface area is 110 Å². The molecule has 1 atom stereocenters. The lowest BCUT2D eigenvalue weighted by molar-refractivity contribution is -0.122. The zero-order chi connectivity index (χ0) is 13.1. The van der Waals surface area contributed by atoms with Gasteiger partial charge in [-0.25, -0.2) is 9.97 Å². The molecule has 0 bridgehead atoms. The van der Waals surface area contributed by atoms with Crippen LogP contribution in [0, 0.1) is 0 Å². The number of hydrogen-bond donors (Lipinski definition) is 1. The maximum Gasteiger partial charge on any atom is 0.251 e. The van der Waals surface area contributed by atoms with Gasteiger partial charge in [0.25, 0.3) is 5.91 Å². The average Bonchev–Trinajstić information content (AvgIpc) is 3.31. The Balaban J connectivity index is 1.71. The van der Waals surface area contributed by atoms with Crippen LogP contribution in [-0.4, -0.2) is 28.6 Å². The van der Waals surface area contributed by atoms with Crippen LogP contribution in [0.3, 0.4) is 0 Å². The normalized spacial score (nSPS) is 16.9. The molecule has 3 rings (SSSR count). The molecule has 1 N–H and O–H groups in total. The van der Waals surface area contributed by atoms with E-state index in [9.17, 15) is 4.79 Å². The van der Waals surface area contributed by atoms with Crippen LogP contribution in [0.5, 0.6) is 0 Å². The number of rotatable bonds is 4. The molecule has 1 aromatic heterocycles. The quantitative estimate of drug-likeness (QED) is 0.832. The summed E-state index contributed by atoms with van der Waals surface area (Å²) in [4.78, 5) is 20.1. The van der Waals surface area contributed by atoms with Gasteiger partial charge in [-0.1, -0.05) is 30.3 Å². The third-order valence-corrected chi connectivity index (χ3v) is 2.81. The van der Waals surface area contributed by atoms with Crippen LogP contribution in [0.4, 0.5) is 0 Å². The number of epoxide rings is 1. The van der Waals surface area contributed by atoms with Crippen LogP contribution in [0.1, 0.15) is 5.69 Å². The van der Waals surface area contributed by atoms with Crippen LogP contribution in [0.2, 0.25) is 0 Å². The van der Waals surface area contributed by atoms with E-state index in [0.29, 0.717) is 19.0 Å². The minimum atomic E-state index is -0.268. The summed E-state index contributed by atoms with van der Waals surface area (Å²) in [5.41, 5.74) is 1.74. The molecule has 5 nitrogen and oxygen atoms in total. The second-order valence-corrected chi connectivity index (χ2v) is 4.28. The maximum atomic E-state index is 11.5. The number of benzene rings is 1. The van der Waals surface area contributed by atoms with Gasteiger partial charge >= 0.3 is 0 Å². The Bertz CT molecular complexity index is 582. The second-order valence-electron chi connectivity index (χ2n) is 4.28. The van der Waals surface area contributed by atoms with Crippen molar-refractivity contribution in [1.29, 1.82) is 0 Å². The smallest absolute Gasteiger partial charge is 0.251 e. The number of nitrogens with one attached hydrogen (secondary N) is 1. The molecule has 0 aliphatic carbocycles. The van der Waals surface area contributed by atoms with E-state index >= 15 is 0 Å². The predicted molar refractivity (Wildman–Crippen MR) is 69.1 cm³/mol. The van der Waals surface area contributed by atoms with Crippen molar-refractivity contribution in [3.05, 3.63) is 48.3 Å². The lowest BCUT2D eigenvalue weighted by atomic mass is 10.2. The standard InChI is InChI=1S/C14H13N3O2/c18-14(12-9-19-12)16-8-11-6-7-15-13(17-11)10-4-2-1-3-5-10/h1-7,12H,8-9H2,(H,16,18). The van der Waals surface area contributed by atoms with E-state index in [1.807, 2.05) is 30.3 Å². The summed E-state index contributed by atoms with van der Waals surface area (Å²) < 4.78 is 4.91. The van der Waals surface area contributed by atoms with Crippen molar-refractivity contribution in [2.45, 2.75) is 12.6 Å². The molecule has 1 aliphatic heterocycles. The highest BCUT2D eigenvalue weighted by Crippen LogP contribution is 2.14. The van der Waals surface area contributed by atoms with Gasteiger partial charge in [0.05, 0.1) is 18.8 Å². The maximum absolute atomic E-state index is 11.5. The van der Waals surface area contributed by atoms with E-state index in [1.54, 1.807) is 12.3 Å². The third-order valence-electron chi connectivity index (χ3n) is 2.81. The van der Waals surface area contributed by atoms with Crippen molar-refractivity contribution in [2.75, 3.05) is 6.61 Å². The molecule has 0 radical (unpaired) electrons. The van der Waals surface area contributed by atoms with E-state index in [4.69, 9.17) is 4.74 Å². The van der Waals surface area contributed by atoms with Crippen molar-refractivity contribution in [3.8, 4) is 11.4 Å². The van der Waals surface area contributed by atoms with Crippen LogP contribution in [0.25, 0.3) is 11.4 Å². The van der Waals surface area contributed by atoms with Crippen molar-refractivity contribution >= 4 is 5.91 Å². The van der Waals surface area contributed by atoms with Gasteiger partial charge in [-0.2, -0.15) is 0 Å². The van der Waals surface area contributed by atoms with Gasteiger partial charge < -0.3 is 10.1 Å². The molecule has 2 heterocycles. The fourth-order valence-corrected chi connectivity index (χ4v) is 1.71. The molecular weight excluding hydrogens is 242 g/mol. The molecule has 2 aromatic rings. The van der Waals surface area contributed by atoms with Crippen molar-refractivity contribution < 1.29 is 9.53 Å². The number of amides is 1. The van der Waals surface area contributed by atoms with Crippen molar-refractivity contribution in [2.24, 2.45) is 0 Å². The zero-order valence-electron chi connectivity index (χ0n) is 10.2. The fourth-order valence-electron chi connectivity index (χ4n) is 1.71. The highest BCUT2D eigenvalue weighted by atomic mass is 16.6. The van der Waals surface area contributed by atoms with Crippen molar-refractivity contribution in [3.63, 3.8) is 0 Å². The molecule has 1 aliphatic rings. The Kier molecular flexibility index (Phi) is 3.20. The highest BCUT2D eigenvalue weighted by Gasteiger charge is 2.30. The molecule has 1 amide bonds. The number of hydrogen-bond acceptors (Lipinski definition) is 4. The van der Waals surface area contributed by atoms with E-state index in [1.165, 1.54) is 0 Å². The van der Waals surface area contributed by atoms with E-state index in [2.05, 4.69) is 15.3 Å². The fraction of sp³-hybridized carbons (Fsp3) is 0.214. The molecule has 0 saturated carbocycles. The lowest BCUT2D eigenvalue weighted by Gasteiger charge is -2.05. The van der Waals surface area contributed by atoms with Gasteiger partial charge in [-0.15, -0.1) is 0 Å². The Hall–Kier alpha value is -2.27. The summed E-state index contributed by atoms with van der Waals surface area (Å²) in [5.74, 6) is 0.579. The number of aromatic nitrogens is 2. The number of carbonyl (C=O) groups excluding carboxylic acids is 1. The Morgan fingerprint density at radius 2 is 2.11 bits per heavy atom. The molecule has 96 valence electrons. The predicted octanol–water partition coefficient (Wildman–Crippen LogP) is 1.16. The molecule has 1 aromatic carbocycles. The lowest BCUT2D eigenvalue weighted by Crippen LogP contribution is -2.27. The van der Waals surface area contributed by atoms with E-state index in [0.717, 1.165) is 11.3 Å². The van der Waals surface area contributed by atoms with Crippen LogP contribution in [-0.2, 0) is 16.1 Å². The third kappa shape index (κ3) is 2.95. The molecule has 1 saturated heterocycles. The summed E-state index contributed by atoms with van der Waals surface area (Å²) in [6.07, 6.45) is 1.43. The molecular formula is C14H13N3O2. The second kappa shape index (κ2) is 5.16. The topological polar surface area (TPSA) is 67.4 Å². The van der Waals surface area contributed by atoms with Crippen LogP contribution >= 0.6 is 0 Å².